The van der Waals surface area contributed by atoms with E-state index < -0.39 is 5.97 Å². The van der Waals surface area contributed by atoms with Gasteiger partial charge in [0.05, 0.1) is 35.8 Å². The number of ether oxygens (including phenoxy) is 2. The topological polar surface area (TPSA) is 107 Å². The van der Waals surface area contributed by atoms with Crippen molar-refractivity contribution >= 4 is 22.6 Å². The second-order valence-corrected chi connectivity index (χ2v) is 10.9. The SMILES string of the molecule is O=C(O)c1ccc2nc(CN3CCC(c4cccc(OCc5cccn6ccnc56)n4)CC3)n(C[C@@H]3CCO3)c2c1. The summed E-state index contributed by atoms with van der Waals surface area (Å²) in [6, 6.07) is 15.2. The van der Waals surface area contributed by atoms with Crippen LogP contribution in [0.2, 0.25) is 0 Å². The first-order valence-corrected chi connectivity index (χ1v) is 14.2. The lowest BCUT2D eigenvalue weighted by Crippen LogP contribution is -2.35. The lowest BCUT2D eigenvalue weighted by atomic mass is 9.93. The molecule has 2 aliphatic rings. The zero-order valence-electron chi connectivity index (χ0n) is 22.7. The van der Waals surface area contributed by atoms with Gasteiger partial charge in [0, 0.05) is 48.4 Å². The smallest absolute Gasteiger partial charge is 0.335 e. The fourth-order valence-electron chi connectivity index (χ4n) is 5.86. The molecule has 7 rings (SSSR count). The fraction of sp³-hybridized carbons (Fsp3) is 0.355. The number of carbonyl (C=O) groups is 1. The third-order valence-corrected chi connectivity index (χ3v) is 8.25. The number of carboxylic acid groups (broad SMARTS) is 1. The summed E-state index contributed by atoms with van der Waals surface area (Å²) in [4.78, 5) is 28.2. The van der Waals surface area contributed by atoms with E-state index in [4.69, 9.17) is 19.4 Å². The van der Waals surface area contributed by atoms with Crippen LogP contribution < -0.4 is 4.74 Å². The van der Waals surface area contributed by atoms with Gasteiger partial charge in [-0.15, -0.1) is 0 Å². The quantitative estimate of drug-likeness (QED) is 0.284. The molecule has 0 saturated carbocycles. The van der Waals surface area contributed by atoms with Crippen LogP contribution in [-0.4, -0.2) is 65.7 Å². The number of aromatic nitrogens is 5. The highest BCUT2D eigenvalue weighted by atomic mass is 16.5. The summed E-state index contributed by atoms with van der Waals surface area (Å²) >= 11 is 0. The Morgan fingerprint density at radius 3 is 2.73 bits per heavy atom. The van der Waals surface area contributed by atoms with Crippen LogP contribution in [0.4, 0.5) is 0 Å². The molecule has 1 aromatic carbocycles. The molecule has 0 unspecified atom stereocenters. The van der Waals surface area contributed by atoms with E-state index in [1.807, 2.05) is 47.1 Å². The van der Waals surface area contributed by atoms with Crippen molar-refractivity contribution in [2.75, 3.05) is 19.7 Å². The molecular formula is C31H32N6O4. The summed E-state index contributed by atoms with van der Waals surface area (Å²) in [5, 5.41) is 9.51. The highest BCUT2D eigenvalue weighted by molar-refractivity contribution is 5.92. The molecule has 0 amide bonds. The Morgan fingerprint density at radius 2 is 1.93 bits per heavy atom. The van der Waals surface area contributed by atoms with Crippen molar-refractivity contribution in [3.8, 4) is 5.88 Å². The molecule has 0 radical (unpaired) electrons. The highest BCUT2D eigenvalue weighted by Gasteiger charge is 2.26. The Labute approximate surface area is 237 Å². The Bertz CT molecular complexity index is 1700. The van der Waals surface area contributed by atoms with Crippen LogP contribution in [0.25, 0.3) is 16.7 Å². The minimum Gasteiger partial charge on any atom is -0.478 e. The Morgan fingerprint density at radius 1 is 1.05 bits per heavy atom. The number of pyridine rings is 2. The maximum atomic E-state index is 11.6. The van der Waals surface area contributed by atoms with Gasteiger partial charge in [-0.25, -0.2) is 19.7 Å². The predicted molar refractivity (Wildman–Crippen MR) is 152 cm³/mol. The molecule has 1 atom stereocenters. The van der Waals surface area contributed by atoms with E-state index >= 15 is 0 Å². The number of carboxylic acids is 1. The summed E-state index contributed by atoms with van der Waals surface area (Å²) < 4.78 is 15.9. The van der Waals surface area contributed by atoms with Crippen LogP contribution in [0.3, 0.4) is 0 Å². The number of hydrogen-bond donors (Lipinski definition) is 1. The fourth-order valence-corrected chi connectivity index (χ4v) is 5.86. The van der Waals surface area contributed by atoms with Gasteiger partial charge in [0.2, 0.25) is 5.88 Å². The number of piperidine rings is 1. The van der Waals surface area contributed by atoms with Crippen molar-refractivity contribution in [3.05, 3.63) is 89.8 Å². The Balaban J connectivity index is 1.01. The number of benzene rings is 1. The molecule has 2 aliphatic heterocycles. The average Bonchev–Trinajstić information content (AvgIpc) is 3.59. The van der Waals surface area contributed by atoms with Gasteiger partial charge in [-0.2, -0.15) is 0 Å². The zero-order chi connectivity index (χ0) is 27.8. The summed E-state index contributed by atoms with van der Waals surface area (Å²) in [5.41, 5.74) is 4.94. The van der Waals surface area contributed by atoms with Crippen molar-refractivity contribution in [3.63, 3.8) is 0 Å². The first-order valence-electron chi connectivity index (χ1n) is 14.2. The molecule has 10 heteroatoms. The maximum Gasteiger partial charge on any atom is 0.335 e. The molecule has 0 bridgehead atoms. The summed E-state index contributed by atoms with van der Waals surface area (Å²) in [6.45, 7) is 4.47. The van der Waals surface area contributed by atoms with Crippen molar-refractivity contribution < 1.29 is 19.4 Å². The number of fused-ring (bicyclic) bond motifs is 2. The second kappa shape index (κ2) is 10.9. The molecule has 5 aromatic rings. The van der Waals surface area contributed by atoms with Gasteiger partial charge in [-0.05, 0) is 62.7 Å². The number of rotatable bonds is 9. The minimum absolute atomic E-state index is 0.151. The van der Waals surface area contributed by atoms with Crippen LogP contribution in [0, 0.1) is 0 Å². The van der Waals surface area contributed by atoms with Crippen molar-refractivity contribution in [1.29, 1.82) is 0 Å². The van der Waals surface area contributed by atoms with Crippen LogP contribution in [0.1, 0.15) is 52.6 Å². The number of imidazole rings is 2. The van der Waals surface area contributed by atoms with Gasteiger partial charge in [-0.1, -0.05) is 12.1 Å². The van der Waals surface area contributed by atoms with E-state index in [2.05, 4.69) is 20.5 Å². The summed E-state index contributed by atoms with van der Waals surface area (Å²) in [5.74, 6) is 1.02. The van der Waals surface area contributed by atoms with E-state index in [0.29, 0.717) is 31.5 Å². The van der Waals surface area contributed by atoms with Gasteiger partial charge in [0.1, 0.15) is 18.1 Å². The van der Waals surface area contributed by atoms with Crippen LogP contribution in [0.5, 0.6) is 5.88 Å². The van der Waals surface area contributed by atoms with Crippen LogP contribution >= 0.6 is 0 Å². The first kappa shape index (κ1) is 25.7. The third-order valence-electron chi connectivity index (χ3n) is 8.25. The molecule has 10 nitrogen and oxygen atoms in total. The molecule has 41 heavy (non-hydrogen) atoms. The Hall–Kier alpha value is -4.28. The number of aromatic carboxylic acids is 1. The van der Waals surface area contributed by atoms with E-state index in [-0.39, 0.29) is 11.7 Å². The standard InChI is InChI=1S/C31H32N6O4/c38-31(39)22-6-7-26-27(17-22)37(18-24-10-16-40-24)28(33-26)19-35-13-8-21(9-14-35)25-4-1-5-29(34-25)41-20-23-3-2-12-36-15-11-32-30(23)36/h1-7,11-12,15,17,21,24H,8-10,13-14,16,18-20H2,(H,38,39)/t24-/m0/s1. The van der Waals surface area contributed by atoms with Crippen LogP contribution in [0.15, 0.2) is 67.1 Å². The zero-order valence-corrected chi connectivity index (χ0v) is 22.7. The third kappa shape index (κ3) is 5.28. The van der Waals surface area contributed by atoms with Crippen molar-refractivity contribution in [2.24, 2.45) is 0 Å². The van der Waals surface area contributed by atoms with E-state index in [0.717, 1.165) is 72.7 Å². The molecule has 1 N–H and O–H groups in total. The van der Waals surface area contributed by atoms with E-state index in [1.54, 1.807) is 18.3 Å². The minimum atomic E-state index is -0.929. The second-order valence-electron chi connectivity index (χ2n) is 10.9. The Kier molecular flexibility index (Phi) is 6.85. The lowest BCUT2D eigenvalue weighted by molar-refractivity contribution is -0.0592. The molecule has 4 aromatic heterocycles. The highest BCUT2D eigenvalue weighted by Crippen LogP contribution is 2.30. The summed E-state index contributed by atoms with van der Waals surface area (Å²) in [6.07, 6.45) is 8.86. The van der Waals surface area contributed by atoms with E-state index in [1.165, 1.54) is 0 Å². The van der Waals surface area contributed by atoms with Gasteiger partial charge in [0.15, 0.2) is 0 Å². The number of nitrogens with zero attached hydrogens (tertiary/aromatic N) is 6. The van der Waals surface area contributed by atoms with Crippen LogP contribution in [-0.2, 0) is 24.4 Å². The van der Waals surface area contributed by atoms with Gasteiger partial charge in [-0.3, -0.25) is 4.90 Å². The van der Waals surface area contributed by atoms with Crippen molar-refractivity contribution in [1.82, 2.24) is 28.8 Å². The molecule has 210 valence electrons. The molecule has 0 spiro atoms. The average molecular weight is 553 g/mol. The number of likely N-dealkylation sites (tertiary alicyclic amines) is 1. The van der Waals surface area contributed by atoms with Gasteiger partial charge in [0.25, 0.3) is 0 Å². The van der Waals surface area contributed by atoms with E-state index in [9.17, 15) is 9.90 Å². The lowest BCUT2D eigenvalue weighted by Gasteiger charge is -2.32. The monoisotopic (exact) mass is 552 g/mol. The molecule has 2 saturated heterocycles. The molecule has 2 fully saturated rings. The normalized spacial score (nSPS) is 18.1. The molecular weight excluding hydrogens is 520 g/mol. The molecule has 0 aliphatic carbocycles. The van der Waals surface area contributed by atoms with Gasteiger partial charge < -0.3 is 23.5 Å². The predicted octanol–water partition coefficient (Wildman–Crippen LogP) is 4.52. The van der Waals surface area contributed by atoms with Gasteiger partial charge >= 0.3 is 5.97 Å². The maximum absolute atomic E-state index is 11.6. The number of hydrogen-bond acceptors (Lipinski definition) is 7. The summed E-state index contributed by atoms with van der Waals surface area (Å²) in [7, 11) is 0. The first-order chi connectivity index (χ1) is 20.1. The largest absolute Gasteiger partial charge is 0.478 e. The van der Waals surface area contributed by atoms with Crippen molar-refractivity contribution in [2.45, 2.75) is 51.0 Å². The molecule has 6 heterocycles.